The number of phenolic OH excluding ortho intramolecular Hbond substituents is 1. The van der Waals surface area contributed by atoms with E-state index in [1.165, 1.54) is 0 Å². The predicted molar refractivity (Wildman–Crippen MR) is 65.4 cm³/mol. The average molecular weight is 257 g/mol. The van der Waals surface area contributed by atoms with Crippen molar-refractivity contribution in [3.8, 4) is 5.75 Å². The van der Waals surface area contributed by atoms with Gasteiger partial charge in [0.1, 0.15) is 0 Å². The van der Waals surface area contributed by atoms with Crippen molar-refractivity contribution in [3.05, 3.63) is 41.5 Å². The van der Waals surface area contributed by atoms with E-state index in [4.69, 9.17) is 9.84 Å². The van der Waals surface area contributed by atoms with Crippen LogP contribution in [-0.2, 0) is 11.3 Å². The second-order valence-electron chi connectivity index (χ2n) is 4.09. The molecule has 0 fully saturated rings. The first-order valence-corrected chi connectivity index (χ1v) is 5.60. The minimum absolute atomic E-state index is 0.310. The molecule has 18 heavy (non-hydrogen) atoms. The van der Waals surface area contributed by atoms with Crippen LogP contribution in [0.5, 0.6) is 5.75 Å². The summed E-state index contributed by atoms with van der Waals surface area (Å²) in [4.78, 5) is 0. The molecule has 0 bridgehead atoms. The van der Waals surface area contributed by atoms with Gasteiger partial charge in [-0.1, -0.05) is 12.2 Å². The van der Waals surface area contributed by atoms with Crippen LogP contribution in [0.2, 0.25) is 0 Å². The fraction of sp³-hybridized carbons (Fsp3) is 0.385. The van der Waals surface area contributed by atoms with Crippen LogP contribution in [0, 0.1) is 11.6 Å². The average Bonchev–Trinajstić information content (AvgIpc) is 2.30. The summed E-state index contributed by atoms with van der Waals surface area (Å²) in [5.74, 6) is -2.85. The lowest BCUT2D eigenvalue weighted by Gasteiger charge is -2.07. The third-order valence-electron chi connectivity index (χ3n) is 2.18. The lowest BCUT2D eigenvalue weighted by molar-refractivity contribution is 0.157. The summed E-state index contributed by atoms with van der Waals surface area (Å²) in [6, 6.07) is 2.19. The highest BCUT2D eigenvalue weighted by Crippen LogP contribution is 2.21. The first-order chi connectivity index (χ1) is 8.50. The van der Waals surface area contributed by atoms with Crippen LogP contribution in [0.15, 0.2) is 24.3 Å². The summed E-state index contributed by atoms with van der Waals surface area (Å²) in [5, 5.41) is 11.9. The SMILES string of the molecule is C=C(C)COCCNCc1cc(F)c(O)c(F)c1. The van der Waals surface area contributed by atoms with Crippen molar-refractivity contribution in [3.63, 3.8) is 0 Å². The van der Waals surface area contributed by atoms with Gasteiger partial charge in [-0.3, -0.25) is 0 Å². The van der Waals surface area contributed by atoms with Crippen molar-refractivity contribution in [1.82, 2.24) is 5.32 Å². The Morgan fingerprint density at radius 1 is 1.39 bits per heavy atom. The number of rotatable bonds is 7. The maximum atomic E-state index is 13.0. The van der Waals surface area contributed by atoms with Gasteiger partial charge in [-0.25, -0.2) is 8.78 Å². The third kappa shape index (κ3) is 4.81. The predicted octanol–water partition coefficient (Wildman–Crippen LogP) is 2.35. The van der Waals surface area contributed by atoms with Crippen molar-refractivity contribution in [2.75, 3.05) is 19.8 Å². The van der Waals surface area contributed by atoms with E-state index in [2.05, 4.69) is 11.9 Å². The van der Waals surface area contributed by atoms with E-state index in [0.29, 0.717) is 31.9 Å². The number of hydrogen-bond acceptors (Lipinski definition) is 3. The van der Waals surface area contributed by atoms with Crippen molar-refractivity contribution in [1.29, 1.82) is 0 Å². The molecular weight excluding hydrogens is 240 g/mol. The third-order valence-corrected chi connectivity index (χ3v) is 2.18. The van der Waals surface area contributed by atoms with Gasteiger partial charge >= 0.3 is 0 Å². The Labute approximate surface area is 105 Å². The van der Waals surface area contributed by atoms with Crippen LogP contribution in [0.1, 0.15) is 12.5 Å². The minimum Gasteiger partial charge on any atom is -0.503 e. The molecule has 1 aromatic rings. The van der Waals surface area contributed by atoms with Crippen molar-refractivity contribution < 1.29 is 18.6 Å². The Morgan fingerprint density at radius 3 is 2.56 bits per heavy atom. The normalized spacial score (nSPS) is 10.6. The van der Waals surface area contributed by atoms with E-state index in [1.807, 2.05) is 6.92 Å². The summed E-state index contributed by atoms with van der Waals surface area (Å²) in [5.41, 5.74) is 1.38. The fourth-order valence-electron chi connectivity index (χ4n) is 1.34. The maximum absolute atomic E-state index is 13.0. The van der Waals surface area contributed by atoms with Crippen molar-refractivity contribution in [2.24, 2.45) is 0 Å². The molecule has 0 aliphatic rings. The van der Waals surface area contributed by atoms with Gasteiger partial charge in [0.25, 0.3) is 0 Å². The maximum Gasteiger partial charge on any atom is 0.187 e. The van der Waals surface area contributed by atoms with E-state index in [-0.39, 0.29) is 0 Å². The lowest BCUT2D eigenvalue weighted by atomic mass is 10.2. The Hall–Kier alpha value is -1.46. The molecule has 0 saturated heterocycles. The van der Waals surface area contributed by atoms with Crippen LogP contribution in [0.4, 0.5) is 8.78 Å². The number of nitrogens with one attached hydrogen (secondary N) is 1. The molecule has 0 atom stereocenters. The molecule has 0 amide bonds. The van der Waals surface area contributed by atoms with E-state index < -0.39 is 17.4 Å². The standard InChI is InChI=1S/C13H17F2NO2/c1-9(2)8-18-4-3-16-7-10-5-11(14)13(17)12(15)6-10/h5-6,16-17H,1,3-4,7-8H2,2H3. The van der Waals surface area contributed by atoms with Crippen LogP contribution >= 0.6 is 0 Å². The number of halogens is 2. The van der Waals surface area contributed by atoms with Gasteiger partial charge in [-0.15, -0.1) is 0 Å². The van der Waals surface area contributed by atoms with Gasteiger partial charge in [0.05, 0.1) is 13.2 Å². The number of hydrogen-bond donors (Lipinski definition) is 2. The second-order valence-corrected chi connectivity index (χ2v) is 4.09. The molecule has 0 aliphatic heterocycles. The van der Waals surface area contributed by atoms with Gasteiger partial charge in [-0.2, -0.15) is 0 Å². The second kappa shape index (κ2) is 7.08. The van der Waals surface area contributed by atoms with Gasteiger partial charge in [0, 0.05) is 13.1 Å². The summed E-state index contributed by atoms with van der Waals surface area (Å²) < 4.78 is 31.3. The molecule has 3 nitrogen and oxygen atoms in total. The smallest absolute Gasteiger partial charge is 0.187 e. The minimum atomic E-state index is -0.953. The molecule has 0 spiro atoms. The van der Waals surface area contributed by atoms with Gasteiger partial charge in [-0.05, 0) is 24.6 Å². The zero-order valence-corrected chi connectivity index (χ0v) is 10.3. The number of ether oxygens (including phenoxy) is 1. The molecule has 0 saturated carbocycles. The first-order valence-electron chi connectivity index (χ1n) is 5.60. The highest BCUT2D eigenvalue weighted by Gasteiger charge is 2.08. The summed E-state index contributed by atoms with van der Waals surface area (Å²) in [6.07, 6.45) is 0. The van der Waals surface area contributed by atoms with Gasteiger partial charge < -0.3 is 15.2 Å². The van der Waals surface area contributed by atoms with E-state index in [0.717, 1.165) is 17.7 Å². The molecule has 1 rings (SSSR count). The van der Waals surface area contributed by atoms with Crippen molar-refractivity contribution in [2.45, 2.75) is 13.5 Å². The molecule has 0 aliphatic carbocycles. The van der Waals surface area contributed by atoms with Crippen LogP contribution in [0.3, 0.4) is 0 Å². The van der Waals surface area contributed by atoms with E-state index in [9.17, 15) is 8.78 Å². The molecule has 100 valence electrons. The molecule has 2 N–H and O–H groups in total. The van der Waals surface area contributed by atoms with Crippen molar-refractivity contribution >= 4 is 0 Å². The number of benzene rings is 1. The molecule has 5 heteroatoms. The molecule has 0 heterocycles. The monoisotopic (exact) mass is 257 g/mol. The van der Waals surface area contributed by atoms with Crippen LogP contribution in [-0.4, -0.2) is 24.9 Å². The van der Waals surface area contributed by atoms with E-state index >= 15 is 0 Å². The first kappa shape index (κ1) is 14.6. The quantitative estimate of drug-likeness (QED) is 0.582. The summed E-state index contributed by atoms with van der Waals surface area (Å²) in [7, 11) is 0. The number of aromatic hydroxyl groups is 1. The Bertz CT molecular complexity index is 398. The zero-order chi connectivity index (χ0) is 13.5. The van der Waals surface area contributed by atoms with Gasteiger partial charge in [0.15, 0.2) is 17.4 Å². The highest BCUT2D eigenvalue weighted by atomic mass is 19.1. The highest BCUT2D eigenvalue weighted by molar-refractivity contribution is 5.29. The van der Waals surface area contributed by atoms with Crippen LogP contribution < -0.4 is 5.32 Å². The Morgan fingerprint density at radius 2 is 2.00 bits per heavy atom. The number of phenols is 1. The Balaban J connectivity index is 2.29. The summed E-state index contributed by atoms with van der Waals surface area (Å²) in [6.45, 7) is 7.44. The lowest BCUT2D eigenvalue weighted by Crippen LogP contribution is -2.19. The largest absolute Gasteiger partial charge is 0.503 e. The fourth-order valence-corrected chi connectivity index (χ4v) is 1.34. The van der Waals surface area contributed by atoms with Gasteiger partial charge in [0.2, 0.25) is 0 Å². The summed E-state index contributed by atoms with van der Waals surface area (Å²) >= 11 is 0. The molecule has 1 aromatic carbocycles. The zero-order valence-electron chi connectivity index (χ0n) is 10.3. The topological polar surface area (TPSA) is 41.5 Å². The van der Waals surface area contributed by atoms with Crippen LogP contribution in [0.25, 0.3) is 0 Å². The molecule has 0 aromatic heterocycles. The molecular formula is C13H17F2NO2. The molecule has 0 unspecified atom stereocenters. The van der Waals surface area contributed by atoms with E-state index in [1.54, 1.807) is 0 Å². The Kier molecular flexibility index (Phi) is 5.74. The molecule has 0 radical (unpaired) electrons.